The van der Waals surface area contributed by atoms with E-state index in [1.54, 1.807) is 18.2 Å². The van der Waals surface area contributed by atoms with Gasteiger partial charge in [0.15, 0.2) is 0 Å². The van der Waals surface area contributed by atoms with E-state index in [4.69, 9.17) is 9.84 Å². The number of hydrogen-bond acceptors (Lipinski definition) is 5. The highest BCUT2D eigenvalue weighted by atomic mass is 16.5. The van der Waals surface area contributed by atoms with Crippen molar-refractivity contribution in [2.45, 2.75) is 0 Å². The maximum absolute atomic E-state index is 10.8. The maximum Gasteiger partial charge on any atom is 0.331 e. The van der Waals surface area contributed by atoms with E-state index >= 15 is 0 Å². The van der Waals surface area contributed by atoms with Crippen molar-refractivity contribution in [3.8, 4) is 0 Å². The van der Waals surface area contributed by atoms with Gasteiger partial charge >= 0.3 is 5.97 Å². The monoisotopic (exact) mass is 203 g/mol. The Morgan fingerprint density at radius 3 is 2.64 bits per heavy atom. The molecular formula is C9H17NO4. The molecule has 0 aliphatic heterocycles. The van der Waals surface area contributed by atoms with Gasteiger partial charge in [0, 0.05) is 32.5 Å². The van der Waals surface area contributed by atoms with Crippen LogP contribution in [0.4, 0.5) is 0 Å². The van der Waals surface area contributed by atoms with Crippen LogP contribution in [0, 0.1) is 0 Å². The van der Waals surface area contributed by atoms with E-state index in [1.807, 2.05) is 0 Å². The lowest BCUT2D eigenvalue weighted by molar-refractivity contribution is -0.134. The van der Waals surface area contributed by atoms with Crippen molar-refractivity contribution in [2.24, 2.45) is 0 Å². The zero-order valence-corrected chi connectivity index (χ0v) is 8.60. The van der Waals surface area contributed by atoms with Gasteiger partial charge in [0.05, 0.1) is 20.3 Å². The molecule has 0 aromatic heterocycles. The minimum atomic E-state index is -0.412. The van der Waals surface area contributed by atoms with Crippen LogP contribution in [0.15, 0.2) is 12.3 Å². The molecule has 0 aliphatic rings. The summed E-state index contributed by atoms with van der Waals surface area (Å²) >= 11 is 0. The minimum Gasteiger partial charge on any atom is -0.466 e. The number of hydrogen-bond donors (Lipinski definition) is 1. The van der Waals surface area contributed by atoms with Crippen molar-refractivity contribution < 1.29 is 19.4 Å². The average Bonchev–Trinajstić information content (AvgIpc) is 2.21. The molecule has 0 saturated carbocycles. The van der Waals surface area contributed by atoms with Gasteiger partial charge in [-0.2, -0.15) is 0 Å². The Balaban J connectivity index is 3.93. The summed E-state index contributed by atoms with van der Waals surface area (Å²) in [6.07, 6.45) is 2.90. The van der Waals surface area contributed by atoms with E-state index in [0.29, 0.717) is 19.7 Å². The second-order valence-electron chi connectivity index (χ2n) is 2.59. The van der Waals surface area contributed by atoms with E-state index in [0.717, 1.165) is 0 Å². The Bertz CT molecular complexity index is 182. The second kappa shape index (κ2) is 8.52. The van der Waals surface area contributed by atoms with Crippen molar-refractivity contribution in [1.82, 2.24) is 4.90 Å². The molecule has 0 rings (SSSR count). The highest BCUT2D eigenvalue weighted by Gasteiger charge is 1.99. The summed E-state index contributed by atoms with van der Waals surface area (Å²) in [7, 11) is 2.92. The van der Waals surface area contributed by atoms with Gasteiger partial charge < -0.3 is 19.5 Å². The number of carbonyl (C=O) groups is 1. The summed E-state index contributed by atoms with van der Waals surface area (Å²) in [6.45, 7) is 1.68. The van der Waals surface area contributed by atoms with Crippen LogP contribution in [-0.2, 0) is 14.3 Å². The van der Waals surface area contributed by atoms with Gasteiger partial charge in [0.1, 0.15) is 0 Å². The number of aliphatic hydroxyl groups excluding tert-OH is 1. The molecule has 0 spiro atoms. The van der Waals surface area contributed by atoms with Gasteiger partial charge in [-0.25, -0.2) is 4.79 Å². The summed E-state index contributed by atoms with van der Waals surface area (Å²) in [5, 5.41) is 8.73. The first-order valence-electron chi connectivity index (χ1n) is 4.34. The molecule has 0 heterocycles. The van der Waals surface area contributed by atoms with Crippen molar-refractivity contribution >= 4 is 5.97 Å². The fourth-order valence-corrected chi connectivity index (χ4v) is 0.832. The summed E-state index contributed by atoms with van der Waals surface area (Å²) in [5.41, 5.74) is 0. The van der Waals surface area contributed by atoms with Gasteiger partial charge in [-0.15, -0.1) is 0 Å². The number of carbonyl (C=O) groups excluding carboxylic acids is 1. The van der Waals surface area contributed by atoms with Gasteiger partial charge in [0.2, 0.25) is 0 Å². The topological polar surface area (TPSA) is 59.0 Å². The van der Waals surface area contributed by atoms with Crippen LogP contribution in [0.1, 0.15) is 0 Å². The number of esters is 1. The standard InChI is InChI=1S/C9H17NO4/c1-13-8-6-10(5-7-11)4-3-9(12)14-2/h3-4,11H,5-8H2,1-2H3/b4-3+. The van der Waals surface area contributed by atoms with E-state index in [2.05, 4.69) is 4.74 Å². The highest BCUT2D eigenvalue weighted by Crippen LogP contribution is 1.90. The zero-order chi connectivity index (χ0) is 10.8. The Hall–Kier alpha value is -1.07. The third-order valence-electron chi connectivity index (χ3n) is 1.59. The van der Waals surface area contributed by atoms with E-state index in [1.165, 1.54) is 13.2 Å². The molecule has 0 saturated heterocycles. The minimum absolute atomic E-state index is 0.0369. The Labute approximate surface area is 83.9 Å². The number of methoxy groups -OCH3 is 2. The van der Waals surface area contributed by atoms with Crippen LogP contribution in [0.5, 0.6) is 0 Å². The largest absolute Gasteiger partial charge is 0.466 e. The molecule has 0 bridgehead atoms. The van der Waals surface area contributed by atoms with Crippen molar-refractivity contribution in [3.63, 3.8) is 0 Å². The predicted octanol–water partition coefficient (Wildman–Crippen LogP) is -0.386. The number of rotatable bonds is 7. The first-order chi connectivity index (χ1) is 6.74. The first-order valence-corrected chi connectivity index (χ1v) is 4.34. The lowest BCUT2D eigenvalue weighted by Crippen LogP contribution is -2.25. The molecule has 14 heavy (non-hydrogen) atoms. The lowest BCUT2D eigenvalue weighted by Gasteiger charge is -2.17. The van der Waals surface area contributed by atoms with Crippen LogP contribution in [0.2, 0.25) is 0 Å². The fourth-order valence-electron chi connectivity index (χ4n) is 0.832. The van der Waals surface area contributed by atoms with Gasteiger partial charge in [-0.3, -0.25) is 0 Å². The third kappa shape index (κ3) is 6.45. The molecule has 0 aromatic carbocycles. The van der Waals surface area contributed by atoms with E-state index < -0.39 is 5.97 Å². The van der Waals surface area contributed by atoms with Crippen LogP contribution in [-0.4, -0.2) is 56.5 Å². The summed E-state index contributed by atoms with van der Waals surface area (Å²) in [6, 6.07) is 0. The second-order valence-corrected chi connectivity index (χ2v) is 2.59. The van der Waals surface area contributed by atoms with Gasteiger partial charge in [-0.05, 0) is 0 Å². The maximum atomic E-state index is 10.8. The number of ether oxygens (including phenoxy) is 2. The Morgan fingerprint density at radius 1 is 1.43 bits per heavy atom. The molecule has 0 amide bonds. The smallest absolute Gasteiger partial charge is 0.331 e. The molecule has 82 valence electrons. The van der Waals surface area contributed by atoms with Crippen molar-refractivity contribution in [3.05, 3.63) is 12.3 Å². The molecule has 0 aliphatic carbocycles. The molecule has 1 N–H and O–H groups in total. The Kier molecular flexibility index (Phi) is 7.87. The molecule has 0 fully saturated rings. The molecule has 5 heteroatoms. The van der Waals surface area contributed by atoms with E-state index in [9.17, 15) is 4.79 Å². The molecular weight excluding hydrogens is 186 g/mol. The van der Waals surface area contributed by atoms with Crippen LogP contribution >= 0.6 is 0 Å². The van der Waals surface area contributed by atoms with E-state index in [-0.39, 0.29) is 6.61 Å². The third-order valence-corrected chi connectivity index (χ3v) is 1.59. The van der Waals surface area contributed by atoms with Crippen LogP contribution < -0.4 is 0 Å². The average molecular weight is 203 g/mol. The molecule has 0 atom stereocenters. The lowest BCUT2D eigenvalue weighted by atomic mass is 10.5. The molecule has 0 radical (unpaired) electrons. The molecule has 0 unspecified atom stereocenters. The van der Waals surface area contributed by atoms with Crippen molar-refractivity contribution in [2.75, 3.05) is 40.5 Å². The van der Waals surface area contributed by atoms with Crippen molar-refractivity contribution in [1.29, 1.82) is 0 Å². The first kappa shape index (κ1) is 12.9. The number of aliphatic hydroxyl groups is 1. The van der Waals surface area contributed by atoms with Gasteiger partial charge in [0.25, 0.3) is 0 Å². The molecule has 0 aromatic rings. The van der Waals surface area contributed by atoms with Crippen LogP contribution in [0.25, 0.3) is 0 Å². The highest BCUT2D eigenvalue weighted by molar-refractivity contribution is 5.81. The quantitative estimate of drug-likeness (QED) is 0.451. The van der Waals surface area contributed by atoms with Gasteiger partial charge in [-0.1, -0.05) is 0 Å². The predicted molar refractivity (Wildman–Crippen MR) is 51.7 cm³/mol. The SMILES string of the molecule is COCCN(/C=C/C(=O)OC)CCO. The van der Waals surface area contributed by atoms with Crippen LogP contribution in [0.3, 0.4) is 0 Å². The zero-order valence-electron chi connectivity index (χ0n) is 8.60. The summed E-state index contributed by atoms with van der Waals surface area (Å²) < 4.78 is 9.32. The fraction of sp³-hybridized carbons (Fsp3) is 0.667. The normalized spacial score (nSPS) is 10.5. The summed E-state index contributed by atoms with van der Waals surface area (Å²) in [4.78, 5) is 12.5. The Morgan fingerprint density at radius 2 is 2.14 bits per heavy atom. The summed E-state index contributed by atoms with van der Waals surface area (Å²) in [5.74, 6) is -0.412. The number of nitrogens with zero attached hydrogens (tertiary/aromatic N) is 1. The molecule has 5 nitrogen and oxygen atoms in total.